The zero-order valence-corrected chi connectivity index (χ0v) is 21.2. The molecule has 0 N–H and O–H groups in total. The van der Waals surface area contributed by atoms with Gasteiger partial charge in [0.15, 0.2) is 0 Å². The average molecular weight is 476 g/mol. The number of para-hydroxylation sites is 2. The number of benzene rings is 5. The summed E-state index contributed by atoms with van der Waals surface area (Å²) < 4.78 is 0. The highest BCUT2D eigenvalue weighted by molar-refractivity contribution is 6.00. The fourth-order valence-corrected chi connectivity index (χ4v) is 5.18. The summed E-state index contributed by atoms with van der Waals surface area (Å²) in [5, 5.41) is 0. The van der Waals surface area contributed by atoms with E-state index in [1.54, 1.807) is 0 Å². The number of hydrogen-bond acceptors (Lipinski definition) is 1. The molecular formula is C36H29N. The molecule has 0 bridgehead atoms. The van der Waals surface area contributed by atoms with Gasteiger partial charge in [0.05, 0.1) is 0 Å². The molecule has 0 atom stereocenters. The molecule has 1 heteroatoms. The quantitative estimate of drug-likeness (QED) is 0.245. The van der Waals surface area contributed by atoms with Gasteiger partial charge >= 0.3 is 0 Å². The average Bonchev–Trinajstić information content (AvgIpc) is 3.09. The van der Waals surface area contributed by atoms with Gasteiger partial charge in [0.2, 0.25) is 0 Å². The predicted molar refractivity (Wildman–Crippen MR) is 159 cm³/mol. The Morgan fingerprint density at radius 2 is 0.946 bits per heavy atom. The lowest BCUT2D eigenvalue weighted by atomic mass is 9.92. The number of nitrogens with zero attached hydrogens (tertiary/aromatic N) is 1. The van der Waals surface area contributed by atoms with Crippen molar-refractivity contribution in [2.45, 2.75) is 13.8 Å². The highest BCUT2D eigenvalue weighted by atomic mass is 15.1. The van der Waals surface area contributed by atoms with Crippen LogP contribution >= 0.6 is 0 Å². The van der Waals surface area contributed by atoms with Gasteiger partial charge in [-0.05, 0) is 88.7 Å². The molecule has 0 spiro atoms. The molecule has 0 aliphatic heterocycles. The number of aryl methyl sites for hydroxylation is 2. The molecule has 178 valence electrons. The van der Waals surface area contributed by atoms with E-state index < -0.39 is 0 Å². The number of rotatable bonds is 4. The zero-order valence-electron chi connectivity index (χ0n) is 21.2. The Bertz CT molecular complexity index is 1540. The number of anilines is 3. The van der Waals surface area contributed by atoms with E-state index in [1.165, 1.54) is 55.9 Å². The summed E-state index contributed by atoms with van der Waals surface area (Å²) in [7, 11) is 0. The number of fused-ring (bicyclic) bond motifs is 2. The molecule has 0 aromatic heterocycles. The van der Waals surface area contributed by atoms with Crippen molar-refractivity contribution in [3.63, 3.8) is 0 Å². The molecule has 0 amide bonds. The molecule has 37 heavy (non-hydrogen) atoms. The summed E-state index contributed by atoms with van der Waals surface area (Å²) >= 11 is 0. The molecule has 1 nitrogen and oxygen atoms in total. The van der Waals surface area contributed by atoms with Gasteiger partial charge in [-0.1, -0.05) is 109 Å². The van der Waals surface area contributed by atoms with Crippen molar-refractivity contribution in [3.8, 4) is 0 Å². The maximum atomic E-state index is 2.36. The Labute approximate surface area is 219 Å². The van der Waals surface area contributed by atoms with Gasteiger partial charge in [0.1, 0.15) is 0 Å². The van der Waals surface area contributed by atoms with E-state index in [2.05, 4.69) is 158 Å². The molecule has 5 aromatic carbocycles. The highest BCUT2D eigenvalue weighted by Gasteiger charge is 2.17. The molecule has 0 fully saturated rings. The first-order chi connectivity index (χ1) is 18.2. The van der Waals surface area contributed by atoms with E-state index in [0.717, 1.165) is 5.69 Å². The largest absolute Gasteiger partial charge is 0.310 e. The lowest BCUT2D eigenvalue weighted by Crippen LogP contribution is -2.12. The predicted octanol–water partition coefficient (Wildman–Crippen LogP) is 9.85. The monoisotopic (exact) mass is 475 g/mol. The van der Waals surface area contributed by atoms with Gasteiger partial charge in [-0.25, -0.2) is 0 Å². The minimum Gasteiger partial charge on any atom is -0.310 e. The molecular weight excluding hydrogens is 446 g/mol. The van der Waals surface area contributed by atoms with E-state index in [-0.39, 0.29) is 0 Å². The first kappa shape index (κ1) is 22.8. The summed E-state index contributed by atoms with van der Waals surface area (Å²) in [4.78, 5) is 2.36. The van der Waals surface area contributed by atoms with Crippen LogP contribution in [0.15, 0.2) is 121 Å². The normalized spacial score (nSPS) is 11.9. The molecule has 0 heterocycles. The second kappa shape index (κ2) is 9.79. The Hall–Kier alpha value is -4.62. The molecule has 1 aliphatic rings. The molecule has 0 saturated carbocycles. The van der Waals surface area contributed by atoms with Gasteiger partial charge in [0.25, 0.3) is 0 Å². The first-order valence-corrected chi connectivity index (χ1v) is 12.8. The van der Waals surface area contributed by atoms with Gasteiger partial charge in [-0.3, -0.25) is 0 Å². The molecule has 0 unspecified atom stereocenters. The summed E-state index contributed by atoms with van der Waals surface area (Å²) in [6.07, 6.45) is 6.76. The third-order valence-corrected chi connectivity index (χ3v) is 7.12. The van der Waals surface area contributed by atoms with Crippen molar-refractivity contribution in [1.82, 2.24) is 0 Å². The summed E-state index contributed by atoms with van der Waals surface area (Å²) in [6.45, 7) is 4.35. The second-order valence-electron chi connectivity index (χ2n) is 9.57. The molecule has 5 aromatic rings. The van der Waals surface area contributed by atoms with Gasteiger partial charge < -0.3 is 4.90 Å². The smallest absolute Gasteiger partial charge is 0.0490 e. The Kier molecular flexibility index (Phi) is 6.04. The fraction of sp³-hybridized carbons (Fsp3) is 0.0556. The van der Waals surface area contributed by atoms with Gasteiger partial charge in [0, 0.05) is 17.1 Å². The molecule has 0 saturated heterocycles. The molecule has 6 rings (SSSR count). The van der Waals surface area contributed by atoms with Crippen molar-refractivity contribution in [2.24, 2.45) is 0 Å². The van der Waals surface area contributed by atoms with Crippen LogP contribution < -0.4 is 4.90 Å². The van der Waals surface area contributed by atoms with Crippen LogP contribution in [-0.2, 0) is 0 Å². The number of hydrogen-bond donors (Lipinski definition) is 0. The highest BCUT2D eigenvalue weighted by Crippen LogP contribution is 2.39. The van der Waals surface area contributed by atoms with Crippen molar-refractivity contribution in [3.05, 3.63) is 160 Å². The van der Waals surface area contributed by atoms with Crippen molar-refractivity contribution in [2.75, 3.05) is 4.90 Å². The van der Waals surface area contributed by atoms with E-state index in [4.69, 9.17) is 0 Å². The van der Waals surface area contributed by atoms with Crippen molar-refractivity contribution < 1.29 is 0 Å². The van der Waals surface area contributed by atoms with Crippen molar-refractivity contribution in [1.29, 1.82) is 0 Å². The maximum absolute atomic E-state index is 2.36. The van der Waals surface area contributed by atoms with Crippen LogP contribution in [0.25, 0.3) is 23.8 Å². The third kappa shape index (κ3) is 4.41. The lowest BCUT2D eigenvalue weighted by Gasteiger charge is -2.28. The van der Waals surface area contributed by atoms with E-state index in [9.17, 15) is 0 Å². The second-order valence-corrected chi connectivity index (χ2v) is 9.57. The van der Waals surface area contributed by atoms with Crippen molar-refractivity contribution >= 4 is 40.9 Å². The Morgan fingerprint density at radius 1 is 0.486 bits per heavy atom. The summed E-state index contributed by atoms with van der Waals surface area (Å²) in [5.41, 5.74) is 13.5. The summed E-state index contributed by atoms with van der Waals surface area (Å²) in [6, 6.07) is 43.4. The zero-order chi connectivity index (χ0) is 25.2. The first-order valence-electron chi connectivity index (χ1n) is 12.8. The van der Waals surface area contributed by atoms with Gasteiger partial charge in [-0.2, -0.15) is 0 Å². The van der Waals surface area contributed by atoms with Crippen LogP contribution in [0, 0.1) is 13.8 Å². The van der Waals surface area contributed by atoms with E-state index in [0.29, 0.717) is 0 Å². The third-order valence-electron chi connectivity index (χ3n) is 7.12. The lowest BCUT2D eigenvalue weighted by molar-refractivity contribution is 1.22. The van der Waals surface area contributed by atoms with Crippen LogP contribution in [0.2, 0.25) is 0 Å². The molecule has 0 radical (unpaired) electrons. The fourth-order valence-electron chi connectivity index (χ4n) is 5.18. The Balaban J connectivity index is 1.46. The van der Waals surface area contributed by atoms with Crippen LogP contribution in [0.4, 0.5) is 17.1 Å². The minimum absolute atomic E-state index is 1.15. The van der Waals surface area contributed by atoms with Crippen LogP contribution in [-0.4, -0.2) is 0 Å². The standard InChI is InChI=1S/C36H29N/c1-26-11-3-9-17-35(26)37(36-18-10-4-12-27(36)2)31-23-19-28(20-24-31)25-34-32-15-7-5-13-29(32)21-22-30-14-6-8-16-33(30)34/h3-25H,1-2H3. The minimum atomic E-state index is 1.15. The summed E-state index contributed by atoms with van der Waals surface area (Å²) in [5.74, 6) is 0. The SMILES string of the molecule is Cc1ccccc1N(c1ccc(C=C2c3ccccc3C=Cc3ccccc32)cc1)c1ccccc1C. The maximum Gasteiger partial charge on any atom is 0.0490 e. The van der Waals surface area contributed by atoms with Crippen LogP contribution in [0.3, 0.4) is 0 Å². The van der Waals surface area contributed by atoms with Gasteiger partial charge in [-0.15, -0.1) is 0 Å². The Morgan fingerprint density at radius 3 is 1.46 bits per heavy atom. The van der Waals surface area contributed by atoms with E-state index >= 15 is 0 Å². The van der Waals surface area contributed by atoms with E-state index in [1.807, 2.05) is 0 Å². The molecule has 1 aliphatic carbocycles. The topological polar surface area (TPSA) is 3.24 Å². The van der Waals surface area contributed by atoms with Crippen LogP contribution in [0.1, 0.15) is 38.9 Å². The van der Waals surface area contributed by atoms with Crippen LogP contribution in [0.5, 0.6) is 0 Å².